The minimum atomic E-state index is -0.630. The number of thioether (sulfide) groups is 1. The lowest BCUT2D eigenvalue weighted by atomic mass is 10.1. The van der Waals surface area contributed by atoms with Crippen LogP contribution in [0.4, 0.5) is 0 Å². The molecule has 156 valence electrons. The first kappa shape index (κ1) is 23.6. The lowest BCUT2D eigenvalue weighted by molar-refractivity contribution is -0.138. The highest BCUT2D eigenvalue weighted by molar-refractivity contribution is 7.99. The molecule has 0 aromatic heterocycles. The normalized spacial score (nSPS) is 11.8. The maximum Gasteiger partial charge on any atom is 0.242 e. The van der Waals surface area contributed by atoms with Gasteiger partial charge in [-0.15, -0.1) is 11.8 Å². The molecule has 2 amide bonds. The maximum atomic E-state index is 13.0. The summed E-state index contributed by atoms with van der Waals surface area (Å²) in [6, 6.07) is 12.8. The number of nitrogens with one attached hydrogen (secondary N) is 1. The number of likely N-dealkylation sites (N-methyl/N-ethyl adjacent to an activating group) is 1. The van der Waals surface area contributed by atoms with Gasteiger partial charge >= 0.3 is 0 Å². The third-order valence-electron chi connectivity index (χ3n) is 4.52. The van der Waals surface area contributed by atoms with E-state index >= 15 is 0 Å². The van der Waals surface area contributed by atoms with Gasteiger partial charge < -0.3 is 10.2 Å². The molecule has 0 spiro atoms. The van der Waals surface area contributed by atoms with Gasteiger partial charge in [-0.1, -0.05) is 59.1 Å². The van der Waals surface area contributed by atoms with Gasteiger partial charge in [0.25, 0.3) is 0 Å². The van der Waals surface area contributed by atoms with Crippen LogP contribution in [0.15, 0.2) is 42.5 Å². The number of carbonyl (C=O) groups excluding carboxylic acids is 2. The first-order valence-electron chi connectivity index (χ1n) is 9.46. The zero-order valence-electron chi connectivity index (χ0n) is 16.9. The number of rotatable bonds is 9. The number of hydrogen-bond acceptors (Lipinski definition) is 3. The van der Waals surface area contributed by atoms with E-state index in [4.69, 9.17) is 23.2 Å². The van der Waals surface area contributed by atoms with Crippen molar-refractivity contribution in [3.8, 4) is 0 Å². The first-order chi connectivity index (χ1) is 13.8. The lowest BCUT2D eigenvalue weighted by Crippen LogP contribution is -2.48. The summed E-state index contributed by atoms with van der Waals surface area (Å²) in [5, 5.41) is 3.73. The number of amides is 2. The topological polar surface area (TPSA) is 49.4 Å². The molecule has 0 unspecified atom stereocenters. The number of benzene rings is 2. The Morgan fingerprint density at radius 3 is 2.31 bits per heavy atom. The highest BCUT2D eigenvalue weighted by Crippen LogP contribution is 2.27. The van der Waals surface area contributed by atoms with E-state index in [0.29, 0.717) is 22.2 Å². The summed E-state index contributed by atoms with van der Waals surface area (Å²) in [7, 11) is 0. The molecule has 2 aromatic carbocycles. The van der Waals surface area contributed by atoms with Crippen LogP contribution in [0, 0.1) is 6.92 Å². The van der Waals surface area contributed by atoms with Crippen molar-refractivity contribution in [3.63, 3.8) is 0 Å². The molecule has 2 rings (SSSR count). The summed E-state index contributed by atoms with van der Waals surface area (Å²) in [6.07, 6.45) is 0. The van der Waals surface area contributed by atoms with Crippen LogP contribution in [-0.4, -0.2) is 35.1 Å². The highest BCUT2D eigenvalue weighted by atomic mass is 35.5. The van der Waals surface area contributed by atoms with Crippen molar-refractivity contribution >= 4 is 46.8 Å². The van der Waals surface area contributed by atoms with E-state index in [2.05, 4.69) is 29.6 Å². The molecule has 4 nitrogen and oxygen atoms in total. The van der Waals surface area contributed by atoms with Crippen LogP contribution in [0.5, 0.6) is 0 Å². The molecule has 0 aliphatic rings. The van der Waals surface area contributed by atoms with E-state index in [-0.39, 0.29) is 24.1 Å². The number of hydrogen-bond donors (Lipinski definition) is 1. The summed E-state index contributed by atoms with van der Waals surface area (Å²) < 4.78 is 0. The number of carbonyl (C=O) groups is 2. The van der Waals surface area contributed by atoms with Crippen LogP contribution in [0.2, 0.25) is 10.0 Å². The Morgan fingerprint density at radius 2 is 1.72 bits per heavy atom. The van der Waals surface area contributed by atoms with Gasteiger partial charge in [0, 0.05) is 34.5 Å². The van der Waals surface area contributed by atoms with Crippen LogP contribution in [0.25, 0.3) is 0 Å². The van der Waals surface area contributed by atoms with Gasteiger partial charge in [0.1, 0.15) is 6.04 Å². The Kier molecular flexibility index (Phi) is 9.34. The second-order valence-corrected chi connectivity index (χ2v) is 8.57. The number of halogens is 2. The lowest BCUT2D eigenvalue weighted by Gasteiger charge is -2.29. The summed E-state index contributed by atoms with van der Waals surface area (Å²) in [5.41, 5.74) is 3.00. The van der Waals surface area contributed by atoms with E-state index in [9.17, 15) is 9.59 Å². The average molecular weight is 453 g/mol. The Hall–Kier alpha value is -1.69. The molecular weight excluding hydrogens is 427 g/mol. The fraction of sp³-hybridized carbons (Fsp3) is 0.364. The van der Waals surface area contributed by atoms with Gasteiger partial charge in [-0.25, -0.2) is 0 Å². The SMILES string of the molecule is CCNC(=O)[C@@H](C)N(Cc1c(Cl)cccc1Cl)C(=O)CSCc1ccc(C)cc1. The molecule has 0 saturated carbocycles. The smallest absolute Gasteiger partial charge is 0.242 e. The van der Waals surface area contributed by atoms with Crippen molar-refractivity contribution < 1.29 is 9.59 Å². The van der Waals surface area contributed by atoms with Crippen molar-refractivity contribution in [1.82, 2.24) is 10.2 Å². The van der Waals surface area contributed by atoms with Crippen molar-refractivity contribution in [3.05, 3.63) is 69.2 Å². The molecule has 0 bridgehead atoms. The number of nitrogens with zero attached hydrogens (tertiary/aromatic N) is 1. The van der Waals surface area contributed by atoms with Gasteiger partial charge in [0.05, 0.1) is 5.75 Å². The minimum Gasteiger partial charge on any atom is -0.355 e. The predicted octanol–water partition coefficient (Wildman–Crippen LogP) is 5.09. The molecule has 7 heteroatoms. The standard InChI is InChI=1S/C22H26Cl2N2O2S/c1-4-25-22(28)16(3)26(12-18-19(23)6-5-7-20(18)24)21(27)14-29-13-17-10-8-15(2)9-11-17/h5-11,16H,4,12-14H2,1-3H3,(H,25,28)/t16-/m1/s1. The molecule has 0 aliphatic carbocycles. The second-order valence-electron chi connectivity index (χ2n) is 6.77. The molecule has 0 radical (unpaired) electrons. The quantitative estimate of drug-likeness (QED) is 0.576. The molecule has 1 atom stereocenters. The highest BCUT2D eigenvalue weighted by Gasteiger charge is 2.27. The Labute approximate surface area is 187 Å². The molecule has 0 aliphatic heterocycles. The minimum absolute atomic E-state index is 0.128. The van der Waals surface area contributed by atoms with E-state index in [1.165, 1.54) is 17.3 Å². The van der Waals surface area contributed by atoms with Gasteiger partial charge in [-0.2, -0.15) is 0 Å². The van der Waals surface area contributed by atoms with Crippen molar-refractivity contribution in [2.75, 3.05) is 12.3 Å². The van der Waals surface area contributed by atoms with E-state index in [0.717, 1.165) is 11.3 Å². The summed E-state index contributed by atoms with van der Waals surface area (Å²) >= 11 is 14.1. The molecule has 1 N–H and O–H groups in total. The summed E-state index contributed by atoms with van der Waals surface area (Å²) in [6.45, 7) is 6.29. The average Bonchev–Trinajstić information content (AvgIpc) is 2.69. The zero-order chi connectivity index (χ0) is 21.4. The van der Waals surface area contributed by atoms with Gasteiger partial charge in [0.2, 0.25) is 11.8 Å². The molecule has 2 aromatic rings. The molecular formula is C22H26Cl2N2O2S. The molecule has 0 fully saturated rings. The van der Waals surface area contributed by atoms with Crippen LogP contribution < -0.4 is 5.32 Å². The van der Waals surface area contributed by atoms with Crippen LogP contribution in [0.1, 0.15) is 30.5 Å². The molecule has 29 heavy (non-hydrogen) atoms. The van der Waals surface area contributed by atoms with Crippen molar-refractivity contribution in [2.45, 2.75) is 39.1 Å². The number of aryl methyl sites for hydroxylation is 1. The fourth-order valence-corrected chi connectivity index (χ4v) is 4.17. The van der Waals surface area contributed by atoms with E-state index < -0.39 is 6.04 Å². The summed E-state index contributed by atoms with van der Waals surface area (Å²) in [5.74, 6) is 0.659. The van der Waals surface area contributed by atoms with Gasteiger partial charge in [0.15, 0.2) is 0 Å². The van der Waals surface area contributed by atoms with Gasteiger partial charge in [-0.3, -0.25) is 9.59 Å². The first-order valence-corrected chi connectivity index (χ1v) is 11.4. The molecule has 0 saturated heterocycles. The van der Waals surface area contributed by atoms with E-state index in [1.807, 2.05) is 13.8 Å². The Balaban J connectivity index is 2.11. The van der Waals surface area contributed by atoms with Gasteiger partial charge in [-0.05, 0) is 38.5 Å². The van der Waals surface area contributed by atoms with Crippen LogP contribution in [0.3, 0.4) is 0 Å². The predicted molar refractivity (Wildman–Crippen MR) is 122 cm³/mol. The third kappa shape index (κ3) is 6.95. The van der Waals surface area contributed by atoms with Crippen molar-refractivity contribution in [1.29, 1.82) is 0 Å². The Morgan fingerprint density at radius 1 is 1.10 bits per heavy atom. The fourth-order valence-electron chi connectivity index (χ4n) is 2.78. The van der Waals surface area contributed by atoms with Crippen molar-refractivity contribution in [2.24, 2.45) is 0 Å². The van der Waals surface area contributed by atoms with Crippen LogP contribution in [-0.2, 0) is 21.9 Å². The third-order valence-corrected chi connectivity index (χ3v) is 6.22. The summed E-state index contributed by atoms with van der Waals surface area (Å²) in [4.78, 5) is 26.9. The Bertz CT molecular complexity index is 823. The van der Waals surface area contributed by atoms with E-state index in [1.54, 1.807) is 30.0 Å². The van der Waals surface area contributed by atoms with Crippen LogP contribution >= 0.6 is 35.0 Å². The molecule has 0 heterocycles. The largest absolute Gasteiger partial charge is 0.355 e. The monoisotopic (exact) mass is 452 g/mol. The maximum absolute atomic E-state index is 13.0. The zero-order valence-corrected chi connectivity index (χ0v) is 19.2. The second kappa shape index (κ2) is 11.5.